The number of Topliss-reactive ketones (excluding diaryl/α,β-unsaturated/α-hetero) is 1. The molecule has 1 unspecified atom stereocenters. The highest BCUT2D eigenvalue weighted by atomic mass is 35.5. The van der Waals surface area contributed by atoms with Crippen LogP contribution in [-0.4, -0.2) is 44.7 Å². The highest BCUT2D eigenvalue weighted by Crippen LogP contribution is 2.47. The lowest BCUT2D eigenvalue weighted by atomic mass is 9.94. The Morgan fingerprint density at radius 2 is 1.55 bits per heavy atom. The van der Waals surface area contributed by atoms with Crippen molar-refractivity contribution in [3.63, 3.8) is 0 Å². The molecule has 3 aromatic carbocycles. The van der Waals surface area contributed by atoms with E-state index >= 15 is 0 Å². The quantitative estimate of drug-likeness (QED) is 0.224. The smallest absolute Gasteiger partial charge is 0.300 e. The summed E-state index contributed by atoms with van der Waals surface area (Å²) in [5.74, 6) is -0.624. The van der Waals surface area contributed by atoms with Crippen molar-refractivity contribution in [1.82, 2.24) is 0 Å². The van der Waals surface area contributed by atoms with Crippen molar-refractivity contribution in [3.8, 4) is 23.0 Å². The van der Waals surface area contributed by atoms with Gasteiger partial charge in [-0.2, -0.15) is 0 Å². The third kappa shape index (κ3) is 4.75. The predicted octanol–water partition coefficient (Wildman–Crippen LogP) is 5.70. The van der Waals surface area contributed by atoms with E-state index in [2.05, 4.69) is 0 Å². The van der Waals surface area contributed by atoms with Gasteiger partial charge in [-0.05, 0) is 61.9 Å². The molecule has 1 N–H and O–H groups in total. The van der Waals surface area contributed by atoms with E-state index in [1.54, 1.807) is 43.3 Å². The molecular weight excluding hydrogens is 510 g/mol. The van der Waals surface area contributed by atoms with Crippen molar-refractivity contribution in [3.05, 3.63) is 81.9 Å². The maximum Gasteiger partial charge on any atom is 0.300 e. The average molecular weight is 538 g/mol. The number of hydrogen-bond donors (Lipinski definition) is 1. The standard InChI is InChI=1S/C29H28ClNO7/c1-6-38-21-13-17(9-12-20(21)30)26(32)24-25(18-14-22(35-3)28(37-5)23(15-18)36-4)31(29(34)27(24)33)19-10-7-16(2)8-11-19/h7-15,25,32H,6H2,1-5H3/b26-24+. The molecule has 3 aromatic rings. The van der Waals surface area contributed by atoms with Crippen LogP contribution in [-0.2, 0) is 9.59 Å². The molecule has 0 radical (unpaired) electrons. The van der Waals surface area contributed by atoms with Crippen molar-refractivity contribution in [1.29, 1.82) is 0 Å². The van der Waals surface area contributed by atoms with Gasteiger partial charge >= 0.3 is 0 Å². The van der Waals surface area contributed by atoms with Gasteiger partial charge in [0.15, 0.2) is 11.5 Å². The number of nitrogens with zero attached hydrogens (tertiary/aromatic N) is 1. The summed E-state index contributed by atoms with van der Waals surface area (Å²) in [6.45, 7) is 4.08. The van der Waals surface area contributed by atoms with E-state index in [0.29, 0.717) is 45.9 Å². The van der Waals surface area contributed by atoms with Crippen LogP contribution in [0.1, 0.15) is 29.7 Å². The van der Waals surface area contributed by atoms with Crippen LogP contribution in [0, 0.1) is 6.92 Å². The molecule has 1 amide bonds. The van der Waals surface area contributed by atoms with Crippen LogP contribution in [0.4, 0.5) is 5.69 Å². The summed E-state index contributed by atoms with van der Waals surface area (Å²) in [4.78, 5) is 28.3. The third-order valence-electron chi connectivity index (χ3n) is 6.26. The number of amides is 1. The normalized spacial score (nSPS) is 16.5. The number of rotatable bonds is 8. The van der Waals surface area contributed by atoms with Gasteiger partial charge in [-0.1, -0.05) is 29.3 Å². The van der Waals surface area contributed by atoms with Crippen LogP contribution in [0.3, 0.4) is 0 Å². The topological polar surface area (TPSA) is 94.5 Å². The zero-order valence-electron chi connectivity index (χ0n) is 21.7. The van der Waals surface area contributed by atoms with Crippen LogP contribution in [0.2, 0.25) is 5.02 Å². The first-order valence-electron chi connectivity index (χ1n) is 11.9. The van der Waals surface area contributed by atoms with Gasteiger partial charge in [0.1, 0.15) is 11.5 Å². The number of ether oxygens (including phenoxy) is 4. The van der Waals surface area contributed by atoms with E-state index in [1.807, 2.05) is 19.1 Å². The zero-order valence-corrected chi connectivity index (χ0v) is 22.5. The molecule has 0 bridgehead atoms. The maximum atomic E-state index is 13.5. The predicted molar refractivity (Wildman–Crippen MR) is 145 cm³/mol. The molecule has 1 atom stereocenters. The van der Waals surface area contributed by atoms with Gasteiger partial charge < -0.3 is 24.1 Å². The summed E-state index contributed by atoms with van der Waals surface area (Å²) in [5.41, 5.74) is 2.12. The lowest BCUT2D eigenvalue weighted by Crippen LogP contribution is -2.29. The highest BCUT2D eigenvalue weighted by Gasteiger charge is 2.47. The monoisotopic (exact) mass is 537 g/mol. The van der Waals surface area contributed by atoms with Crippen molar-refractivity contribution in [2.45, 2.75) is 19.9 Å². The number of ketones is 1. The van der Waals surface area contributed by atoms with Gasteiger partial charge in [-0.15, -0.1) is 0 Å². The largest absolute Gasteiger partial charge is 0.507 e. The molecule has 1 saturated heterocycles. The van der Waals surface area contributed by atoms with Crippen molar-refractivity contribution in [2.24, 2.45) is 0 Å². The first kappa shape index (κ1) is 26.9. The van der Waals surface area contributed by atoms with Gasteiger partial charge in [-0.3, -0.25) is 14.5 Å². The summed E-state index contributed by atoms with van der Waals surface area (Å²) in [6.07, 6.45) is 0. The Labute approximate surface area is 225 Å². The van der Waals surface area contributed by atoms with E-state index in [9.17, 15) is 14.7 Å². The van der Waals surface area contributed by atoms with Gasteiger partial charge in [-0.25, -0.2) is 0 Å². The Bertz CT molecular complexity index is 1390. The summed E-state index contributed by atoms with van der Waals surface area (Å²) < 4.78 is 22.1. The average Bonchev–Trinajstić information content (AvgIpc) is 3.19. The molecule has 0 aromatic heterocycles. The van der Waals surface area contributed by atoms with Crippen LogP contribution >= 0.6 is 11.6 Å². The van der Waals surface area contributed by atoms with Crippen LogP contribution < -0.4 is 23.8 Å². The molecule has 9 heteroatoms. The molecule has 0 saturated carbocycles. The molecular formula is C29H28ClNO7. The molecule has 1 heterocycles. The van der Waals surface area contributed by atoms with Crippen molar-refractivity contribution >= 4 is 34.7 Å². The van der Waals surface area contributed by atoms with Gasteiger partial charge in [0.25, 0.3) is 11.7 Å². The maximum absolute atomic E-state index is 13.5. The molecule has 4 rings (SSSR count). The molecule has 1 aliphatic rings. The summed E-state index contributed by atoms with van der Waals surface area (Å²) in [5, 5.41) is 11.8. The Balaban J connectivity index is 2.00. The first-order chi connectivity index (χ1) is 18.2. The third-order valence-corrected chi connectivity index (χ3v) is 6.58. The number of aliphatic hydroxyl groups is 1. The second-order valence-electron chi connectivity index (χ2n) is 8.54. The summed E-state index contributed by atoms with van der Waals surface area (Å²) in [7, 11) is 4.43. The SMILES string of the molecule is CCOc1cc(/C(O)=C2\C(=O)C(=O)N(c3ccc(C)cc3)C2c2cc(OC)c(OC)c(OC)c2)ccc1Cl. The molecule has 0 spiro atoms. The van der Waals surface area contributed by atoms with Gasteiger partial charge in [0.2, 0.25) is 5.75 Å². The number of hydrogen-bond acceptors (Lipinski definition) is 7. The van der Waals surface area contributed by atoms with Crippen LogP contribution in [0.25, 0.3) is 5.76 Å². The molecule has 8 nitrogen and oxygen atoms in total. The van der Waals surface area contributed by atoms with E-state index in [0.717, 1.165) is 5.56 Å². The van der Waals surface area contributed by atoms with Crippen molar-refractivity contribution < 1.29 is 33.6 Å². The summed E-state index contributed by atoms with van der Waals surface area (Å²) >= 11 is 6.24. The number of anilines is 1. The minimum Gasteiger partial charge on any atom is -0.507 e. The molecule has 1 fully saturated rings. The van der Waals surface area contributed by atoms with Gasteiger partial charge in [0.05, 0.1) is 44.6 Å². The fraction of sp³-hybridized carbons (Fsp3) is 0.241. The second-order valence-corrected chi connectivity index (χ2v) is 8.95. The number of carbonyl (C=O) groups is 2. The number of methoxy groups -OCH3 is 3. The number of carbonyl (C=O) groups excluding carboxylic acids is 2. The number of halogens is 1. The fourth-order valence-corrected chi connectivity index (χ4v) is 4.62. The summed E-state index contributed by atoms with van der Waals surface area (Å²) in [6, 6.07) is 14.1. The van der Waals surface area contributed by atoms with Gasteiger partial charge in [0, 0.05) is 11.3 Å². The minimum absolute atomic E-state index is 0.102. The Morgan fingerprint density at radius 1 is 0.921 bits per heavy atom. The van der Waals surface area contributed by atoms with Crippen molar-refractivity contribution in [2.75, 3.05) is 32.8 Å². The minimum atomic E-state index is -1.00. The molecule has 198 valence electrons. The van der Waals surface area contributed by atoms with E-state index in [1.165, 1.54) is 32.3 Å². The Morgan fingerprint density at radius 3 is 2.11 bits per heavy atom. The van der Waals surface area contributed by atoms with E-state index in [-0.39, 0.29) is 16.9 Å². The highest BCUT2D eigenvalue weighted by molar-refractivity contribution is 6.51. The number of aryl methyl sites for hydroxylation is 1. The Hall–Kier alpha value is -4.17. The second kappa shape index (κ2) is 11.1. The van der Waals surface area contributed by atoms with Crippen LogP contribution in [0.15, 0.2) is 60.2 Å². The zero-order chi connectivity index (χ0) is 27.6. The first-order valence-corrected chi connectivity index (χ1v) is 12.2. The van der Waals surface area contributed by atoms with Crippen LogP contribution in [0.5, 0.6) is 23.0 Å². The fourth-order valence-electron chi connectivity index (χ4n) is 4.45. The van der Waals surface area contributed by atoms with E-state index in [4.69, 9.17) is 30.5 Å². The molecule has 0 aliphatic carbocycles. The number of benzene rings is 3. The Kier molecular flexibility index (Phi) is 7.83. The lowest BCUT2D eigenvalue weighted by molar-refractivity contribution is -0.132. The lowest BCUT2D eigenvalue weighted by Gasteiger charge is -2.26. The molecule has 38 heavy (non-hydrogen) atoms. The van der Waals surface area contributed by atoms with E-state index < -0.39 is 17.7 Å². The molecule has 1 aliphatic heterocycles. The number of aliphatic hydroxyl groups excluding tert-OH is 1.